The van der Waals surface area contributed by atoms with Gasteiger partial charge >= 0.3 is 0 Å². The van der Waals surface area contributed by atoms with E-state index in [9.17, 15) is 4.79 Å². The number of benzene rings is 1. The Labute approximate surface area is 126 Å². The maximum Gasteiger partial charge on any atom is 0.270 e. The number of amides is 1. The first-order valence-corrected chi connectivity index (χ1v) is 7.72. The molecule has 3 rings (SSSR count). The molecule has 1 unspecified atom stereocenters. The average Bonchev–Trinajstić information content (AvgIpc) is 2.95. The van der Waals surface area contributed by atoms with Gasteiger partial charge in [-0.3, -0.25) is 4.79 Å². The molecule has 0 N–H and O–H groups in total. The number of likely N-dealkylation sites (tertiary alicyclic amines) is 1. The zero-order chi connectivity index (χ0) is 14.7. The van der Waals surface area contributed by atoms with Gasteiger partial charge < -0.3 is 9.47 Å². The maximum atomic E-state index is 12.7. The maximum absolute atomic E-state index is 12.7. The first-order chi connectivity index (χ1) is 10.2. The summed E-state index contributed by atoms with van der Waals surface area (Å²) in [6.45, 7) is 4.75. The van der Waals surface area contributed by atoms with Gasteiger partial charge in [-0.2, -0.15) is 0 Å². The highest BCUT2D eigenvalue weighted by atomic mass is 16.2. The van der Waals surface area contributed by atoms with E-state index in [1.165, 1.54) is 12.0 Å². The lowest BCUT2D eigenvalue weighted by atomic mass is 10.00. The standard InChI is InChI=1S/C18H22N2O/c1-15-7-5-12-20(13-15)18(21)17-10-6-11-19(17)14-16-8-3-2-4-9-16/h2-4,6,8-11,15H,5,7,12-14H2,1H3. The van der Waals surface area contributed by atoms with Crippen LogP contribution in [0.5, 0.6) is 0 Å². The second kappa shape index (κ2) is 6.17. The highest BCUT2D eigenvalue weighted by molar-refractivity contribution is 5.92. The third-order valence-electron chi connectivity index (χ3n) is 4.19. The topological polar surface area (TPSA) is 25.2 Å². The fourth-order valence-corrected chi connectivity index (χ4v) is 3.06. The lowest BCUT2D eigenvalue weighted by Crippen LogP contribution is -2.39. The minimum absolute atomic E-state index is 0.169. The molecule has 1 atom stereocenters. The monoisotopic (exact) mass is 282 g/mol. The van der Waals surface area contributed by atoms with Crippen LogP contribution in [0.1, 0.15) is 35.8 Å². The number of piperidine rings is 1. The van der Waals surface area contributed by atoms with Crippen molar-refractivity contribution in [2.75, 3.05) is 13.1 Å². The van der Waals surface area contributed by atoms with E-state index in [1.807, 2.05) is 41.4 Å². The molecule has 2 aromatic rings. The van der Waals surface area contributed by atoms with Crippen LogP contribution in [-0.2, 0) is 6.54 Å². The predicted octanol–water partition coefficient (Wildman–Crippen LogP) is 3.41. The molecular formula is C18H22N2O. The lowest BCUT2D eigenvalue weighted by molar-refractivity contribution is 0.0672. The van der Waals surface area contributed by atoms with Crippen LogP contribution < -0.4 is 0 Å². The summed E-state index contributed by atoms with van der Waals surface area (Å²) in [5, 5.41) is 0. The molecule has 1 fully saturated rings. The normalized spacial score (nSPS) is 18.7. The number of carbonyl (C=O) groups is 1. The summed E-state index contributed by atoms with van der Waals surface area (Å²) in [5.74, 6) is 0.780. The van der Waals surface area contributed by atoms with Crippen molar-refractivity contribution < 1.29 is 4.79 Å². The molecule has 1 amide bonds. The van der Waals surface area contributed by atoms with Crippen molar-refractivity contribution in [2.45, 2.75) is 26.3 Å². The van der Waals surface area contributed by atoms with Crippen LogP contribution in [0.15, 0.2) is 48.7 Å². The van der Waals surface area contributed by atoms with Gasteiger partial charge in [-0.15, -0.1) is 0 Å². The fourth-order valence-electron chi connectivity index (χ4n) is 3.06. The number of hydrogen-bond donors (Lipinski definition) is 0. The highest BCUT2D eigenvalue weighted by Crippen LogP contribution is 2.18. The van der Waals surface area contributed by atoms with E-state index in [0.717, 1.165) is 31.7 Å². The molecule has 21 heavy (non-hydrogen) atoms. The number of aromatic nitrogens is 1. The van der Waals surface area contributed by atoms with Gasteiger partial charge in [0, 0.05) is 25.8 Å². The third-order valence-corrected chi connectivity index (χ3v) is 4.19. The molecule has 1 aliphatic heterocycles. The highest BCUT2D eigenvalue weighted by Gasteiger charge is 2.23. The summed E-state index contributed by atoms with van der Waals surface area (Å²) in [4.78, 5) is 14.7. The van der Waals surface area contributed by atoms with Gasteiger partial charge in [0.2, 0.25) is 0 Å². The van der Waals surface area contributed by atoms with E-state index < -0.39 is 0 Å². The van der Waals surface area contributed by atoms with Crippen molar-refractivity contribution in [3.8, 4) is 0 Å². The molecule has 0 radical (unpaired) electrons. The molecule has 3 heteroatoms. The Kier molecular flexibility index (Phi) is 4.09. The van der Waals surface area contributed by atoms with Crippen molar-refractivity contribution in [3.63, 3.8) is 0 Å². The molecule has 1 saturated heterocycles. The van der Waals surface area contributed by atoms with Crippen molar-refractivity contribution >= 4 is 5.91 Å². The number of carbonyl (C=O) groups excluding carboxylic acids is 1. The summed E-state index contributed by atoms with van der Waals surface area (Å²) in [5.41, 5.74) is 2.02. The van der Waals surface area contributed by atoms with Crippen LogP contribution in [0, 0.1) is 5.92 Å². The van der Waals surface area contributed by atoms with Gasteiger partial charge in [-0.25, -0.2) is 0 Å². The van der Waals surface area contributed by atoms with E-state index in [2.05, 4.69) is 23.6 Å². The number of nitrogens with zero attached hydrogens (tertiary/aromatic N) is 2. The van der Waals surface area contributed by atoms with Crippen LogP contribution in [0.25, 0.3) is 0 Å². The Bertz CT molecular complexity index is 603. The summed E-state index contributed by atoms with van der Waals surface area (Å²) >= 11 is 0. The minimum atomic E-state index is 0.169. The van der Waals surface area contributed by atoms with Gasteiger partial charge in [0.15, 0.2) is 0 Å². The fraction of sp³-hybridized carbons (Fsp3) is 0.389. The molecule has 0 saturated carbocycles. The summed E-state index contributed by atoms with van der Waals surface area (Å²) in [6.07, 6.45) is 4.34. The van der Waals surface area contributed by atoms with Gasteiger partial charge in [-0.05, 0) is 36.5 Å². The molecule has 0 bridgehead atoms. The molecule has 1 aromatic heterocycles. The van der Waals surface area contributed by atoms with Crippen LogP contribution in [0.4, 0.5) is 0 Å². The number of hydrogen-bond acceptors (Lipinski definition) is 1. The first-order valence-electron chi connectivity index (χ1n) is 7.72. The number of rotatable bonds is 3. The van der Waals surface area contributed by atoms with Crippen molar-refractivity contribution in [2.24, 2.45) is 5.92 Å². The van der Waals surface area contributed by atoms with Crippen LogP contribution in [0.2, 0.25) is 0 Å². The smallest absolute Gasteiger partial charge is 0.270 e. The Morgan fingerprint density at radius 1 is 1.19 bits per heavy atom. The van der Waals surface area contributed by atoms with Crippen LogP contribution in [0.3, 0.4) is 0 Å². The summed E-state index contributed by atoms with van der Waals surface area (Å²) in [6, 6.07) is 14.2. The molecule has 0 spiro atoms. The second-order valence-corrected chi connectivity index (χ2v) is 6.01. The Morgan fingerprint density at radius 3 is 2.76 bits per heavy atom. The molecular weight excluding hydrogens is 260 g/mol. The Morgan fingerprint density at radius 2 is 2.00 bits per heavy atom. The molecule has 2 heterocycles. The first kappa shape index (κ1) is 13.9. The van der Waals surface area contributed by atoms with Gasteiger partial charge in [0.1, 0.15) is 5.69 Å². The lowest BCUT2D eigenvalue weighted by Gasteiger charge is -2.31. The summed E-state index contributed by atoms with van der Waals surface area (Å²) < 4.78 is 2.05. The van der Waals surface area contributed by atoms with Crippen molar-refractivity contribution in [1.29, 1.82) is 0 Å². The predicted molar refractivity (Wildman–Crippen MR) is 84.3 cm³/mol. The van der Waals surface area contributed by atoms with Crippen molar-refractivity contribution in [1.82, 2.24) is 9.47 Å². The van der Waals surface area contributed by atoms with E-state index >= 15 is 0 Å². The summed E-state index contributed by atoms with van der Waals surface area (Å²) in [7, 11) is 0. The largest absolute Gasteiger partial charge is 0.339 e. The quantitative estimate of drug-likeness (QED) is 0.847. The SMILES string of the molecule is CC1CCCN(C(=O)c2cccn2Cc2ccccc2)C1. The zero-order valence-electron chi connectivity index (χ0n) is 12.5. The molecule has 3 nitrogen and oxygen atoms in total. The van der Waals surface area contributed by atoms with Crippen LogP contribution >= 0.6 is 0 Å². The van der Waals surface area contributed by atoms with Gasteiger partial charge in [-0.1, -0.05) is 37.3 Å². The van der Waals surface area contributed by atoms with E-state index in [-0.39, 0.29) is 5.91 Å². The molecule has 1 aliphatic rings. The molecule has 0 aliphatic carbocycles. The van der Waals surface area contributed by atoms with Gasteiger partial charge in [0.05, 0.1) is 0 Å². The van der Waals surface area contributed by atoms with Gasteiger partial charge in [0.25, 0.3) is 5.91 Å². The zero-order valence-corrected chi connectivity index (χ0v) is 12.5. The van der Waals surface area contributed by atoms with Crippen molar-refractivity contribution in [3.05, 3.63) is 59.9 Å². The van der Waals surface area contributed by atoms with E-state index in [4.69, 9.17) is 0 Å². The third kappa shape index (κ3) is 3.18. The Hall–Kier alpha value is -2.03. The molecule has 1 aromatic carbocycles. The minimum Gasteiger partial charge on any atom is -0.339 e. The van der Waals surface area contributed by atoms with Crippen LogP contribution in [-0.4, -0.2) is 28.5 Å². The second-order valence-electron chi connectivity index (χ2n) is 6.01. The molecule has 110 valence electrons. The average molecular weight is 282 g/mol. The Balaban J connectivity index is 1.77. The van der Waals surface area contributed by atoms with E-state index in [1.54, 1.807) is 0 Å². The van der Waals surface area contributed by atoms with E-state index in [0.29, 0.717) is 5.92 Å².